The van der Waals surface area contributed by atoms with Crippen LogP contribution in [-0.4, -0.2) is 31.4 Å². The summed E-state index contributed by atoms with van der Waals surface area (Å²) in [6, 6.07) is 3.39. The van der Waals surface area contributed by atoms with E-state index < -0.39 is 23.9 Å². The number of alkyl halides is 2. The Labute approximate surface area is 168 Å². The van der Waals surface area contributed by atoms with Gasteiger partial charge in [0.25, 0.3) is 12.3 Å². The van der Waals surface area contributed by atoms with Crippen molar-refractivity contribution < 1.29 is 22.8 Å². The number of halogens is 3. The predicted octanol–water partition coefficient (Wildman–Crippen LogP) is 2.68. The van der Waals surface area contributed by atoms with Gasteiger partial charge in [-0.2, -0.15) is 10.2 Å². The molecule has 2 amide bonds. The lowest BCUT2D eigenvalue weighted by molar-refractivity contribution is -0.117. The van der Waals surface area contributed by atoms with E-state index in [1.165, 1.54) is 24.1 Å². The van der Waals surface area contributed by atoms with E-state index in [0.717, 1.165) is 4.68 Å². The van der Waals surface area contributed by atoms with E-state index in [9.17, 15) is 18.4 Å². The third-order valence-electron chi connectivity index (χ3n) is 3.98. The minimum absolute atomic E-state index is 0.00380. The van der Waals surface area contributed by atoms with Crippen molar-refractivity contribution in [1.29, 1.82) is 0 Å². The molecule has 0 radical (unpaired) electrons. The summed E-state index contributed by atoms with van der Waals surface area (Å²) in [6.07, 6.45) is 0.0812. The van der Waals surface area contributed by atoms with Gasteiger partial charge in [0.05, 0.1) is 29.2 Å². The van der Waals surface area contributed by atoms with Crippen molar-refractivity contribution in [2.24, 2.45) is 7.05 Å². The maximum absolute atomic E-state index is 12.9. The lowest BCUT2D eigenvalue weighted by Gasteiger charge is -2.07. The number of rotatable bonds is 7. The molecule has 0 saturated heterocycles. The molecule has 0 fully saturated rings. The molecule has 0 aromatic carbocycles. The van der Waals surface area contributed by atoms with E-state index >= 15 is 0 Å². The minimum atomic E-state index is -2.85. The SMILES string of the molecule is Cc1c(Cl)c(C(F)F)nn1CC(=O)Nc1cn(C)nc1C(=O)NCc1ccco1. The molecule has 0 saturated carbocycles. The first-order chi connectivity index (χ1) is 13.8. The second kappa shape index (κ2) is 8.43. The average Bonchev–Trinajstić information content (AvgIpc) is 3.36. The smallest absolute Gasteiger partial charge is 0.283 e. The fourth-order valence-corrected chi connectivity index (χ4v) is 2.80. The van der Waals surface area contributed by atoms with Crippen LogP contribution in [-0.2, 0) is 24.9 Å². The Balaban J connectivity index is 1.69. The fraction of sp³-hybridized carbons (Fsp3) is 0.294. The Morgan fingerprint density at radius 3 is 2.72 bits per heavy atom. The van der Waals surface area contributed by atoms with Gasteiger partial charge < -0.3 is 15.1 Å². The zero-order valence-electron chi connectivity index (χ0n) is 15.4. The molecule has 154 valence electrons. The molecule has 0 aliphatic rings. The Kier molecular flexibility index (Phi) is 5.97. The zero-order chi connectivity index (χ0) is 21.1. The molecular weight excluding hydrogens is 410 g/mol. The third kappa shape index (κ3) is 4.62. The number of anilines is 1. The summed E-state index contributed by atoms with van der Waals surface area (Å²) in [5.74, 6) is -0.544. The highest BCUT2D eigenvalue weighted by Crippen LogP contribution is 2.28. The lowest BCUT2D eigenvalue weighted by Crippen LogP contribution is -2.26. The standard InChI is InChI=1S/C17H17ClF2N6O3/c1-9-13(18)15(16(19)20)24-26(9)8-12(27)22-11-7-25(2)23-14(11)17(28)21-6-10-4-3-5-29-10/h3-5,7,16H,6,8H2,1-2H3,(H,21,28)(H,22,27). The number of carbonyl (C=O) groups is 2. The number of aryl methyl sites for hydroxylation is 1. The maximum Gasteiger partial charge on any atom is 0.283 e. The fourth-order valence-electron chi connectivity index (χ4n) is 2.58. The molecule has 3 rings (SSSR count). The topological polar surface area (TPSA) is 107 Å². The Morgan fingerprint density at radius 1 is 1.34 bits per heavy atom. The van der Waals surface area contributed by atoms with Gasteiger partial charge in [-0.25, -0.2) is 8.78 Å². The van der Waals surface area contributed by atoms with Crippen LogP contribution in [0.1, 0.15) is 34.1 Å². The number of aromatic nitrogens is 4. The minimum Gasteiger partial charge on any atom is -0.467 e. The van der Waals surface area contributed by atoms with Crippen LogP contribution < -0.4 is 10.6 Å². The van der Waals surface area contributed by atoms with Crippen molar-refractivity contribution in [2.75, 3.05) is 5.32 Å². The number of amides is 2. The van der Waals surface area contributed by atoms with E-state index in [0.29, 0.717) is 5.76 Å². The van der Waals surface area contributed by atoms with Crippen LogP contribution in [0.4, 0.5) is 14.5 Å². The van der Waals surface area contributed by atoms with Crippen molar-refractivity contribution in [3.05, 3.63) is 52.5 Å². The highest BCUT2D eigenvalue weighted by molar-refractivity contribution is 6.31. The Morgan fingerprint density at radius 2 is 2.10 bits per heavy atom. The highest BCUT2D eigenvalue weighted by Gasteiger charge is 2.23. The van der Waals surface area contributed by atoms with Gasteiger partial charge in [0.2, 0.25) is 5.91 Å². The molecule has 29 heavy (non-hydrogen) atoms. The van der Waals surface area contributed by atoms with Crippen LogP contribution >= 0.6 is 11.6 Å². The summed E-state index contributed by atoms with van der Waals surface area (Å²) in [5.41, 5.74) is -0.189. The normalized spacial score (nSPS) is 11.1. The van der Waals surface area contributed by atoms with E-state index in [1.807, 2.05) is 0 Å². The van der Waals surface area contributed by atoms with Crippen molar-refractivity contribution in [3.8, 4) is 0 Å². The summed E-state index contributed by atoms with van der Waals surface area (Å²) in [4.78, 5) is 24.8. The number of hydrogen-bond acceptors (Lipinski definition) is 5. The summed E-state index contributed by atoms with van der Waals surface area (Å²) < 4.78 is 33.4. The molecule has 12 heteroatoms. The third-order valence-corrected chi connectivity index (χ3v) is 4.45. The number of nitrogens with zero attached hydrogens (tertiary/aromatic N) is 4. The predicted molar refractivity (Wildman–Crippen MR) is 98.6 cm³/mol. The van der Waals surface area contributed by atoms with Gasteiger partial charge in [-0.1, -0.05) is 11.6 Å². The second-order valence-corrected chi connectivity index (χ2v) is 6.50. The molecule has 0 atom stereocenters. The number of carbonyl (C=O) groups excluding carboxylic acids is 2. The van der Waals surface area contributed by atoms with Gasteiger partial charge >= 0.3 is 0 Å². The summed E-state index contributed by atoms with van der Waals surface area (Å²) in [5, 5.41) is 12.7. The van der Waals surface area contributed by atoms with Crippen LogP contribution in [0.15, 0.2) is 29.0 Å². The first kappa shape index (κ1) is 20.5. The monoisotopic (exact) mass is 426 g/mol. The van der Waals surface area contributed by atoms with Gasteiger partial charge in [0.1, 0.15) is 18.0 Å². The van der Waals surface area contributed by atoms with Crippen LogP contribution in [0.2, 0.25) is 5.02 Å². The second-order valence-electron chi connectivity index (χ2n) is 6.12. The average molecular weight is 427 g/mol. The first-order valence-electron chi connectivity index (χ1n) is 8.41. The molecule has 3 aromatic heterocycles. The molecule has 0 spiro atoms. The van der Waals surface area contributed by atoms with Gasteiger partial charge in [-0.05, 0) is 19.1 Å². The summed E-state index contributed by atoms with van der Waals surface area (Å²) in [7, 11) is 1.59. The van der Waals surface area contributed by atoms with E-state index in [-0.39, 0.29) is 35.2 Å². The molecular formula is C17H17ClF2N6O3. The maximum atomic E-state index is 12.9. The largest absolute Gasteiger partial charge is 0.467 e. The van der Waals surface area contributed by atoms with Crippen LogP contribution in [0.5, 0.6) is 0 Å². The van der Waals surface area contributed by atoms with E-state index in [1.54, 1.807) is 19.2 Å². The van der Waals surface area contributed by atoms with Crippen LogP contribution in [0.3, 0.4) is 0 Å². The van der Waals surface area contributed by atoms with Crippen molar-refractivity contribution in [3.63, 3.8) is 0 Å². The highest BCUT2D eigenvalue weighted by atomic mass is 35.5. The molecule has 2 N–H and O–H groups in total. The molecule has 3 aromatic rings. The molecule has 0 bridgehead atoms. The van der Waals surface area contributed by atoms with Crippen LogP contribution in [0.25, 0.3) is 0 Å². The Bertz CT molecular complexity index is 1030. The first-order valence-corrected chi connectivity index (χ1v) is 8.79. The van der Waals surface area contributed by atoms with Gasteiger partial charge in [0, 0.05) is 13.2 Å². The van der Waals surface area contributed by atoms with E-state index in [4.69, 9.17) is 16.0 Å². The molecule has 0 unspecified atom stereocenters. The van der Waals surface area contributed by atoms with Gasteiger partial charge in [-0.3, -0.25) is 19.0 Å². The van der Waals surface area contributed by atoms with Crippen molar-refractivity contribution >= 4 is 29.1 Å². The number of hydrogen-bond donors (Lipinski definition) is 2. The summed E-state index contributed by atoms with van der Waals surface area (Å²) >= 11 is 5.83. The van der Waals surface area contributed by atoms with Crippen molar-refractivity contribution in [2.45, 2.75) is 26.4 Å². The van der Waals surface area contributed by atoms with Gasteiger partial charge in [0.15, 0.2) is 5.69 Å². The quantitative estimate of drug-likeness (QED) is 0.604. The number of nitrogens with one attached hydrogen (secondary N) is 2. The van der Waals surface area contributed by atoms with Gasteiger partial charge in [-0.15, -0.1) is 0 Å². The lowest BCUT2D eigenvalue weighted by atomic mass is 10.3. The molecule has 0 aliphatic carbocycles. The molecule has 9 nitrogen and oxygen atoms in total. The van der Waals surface area contributed by atoms with Crippen LogP contribution in [0, 0.1) is 6.92 Å². The van der Waals surface area contributed by atoms with E-state index in [2.05, 4.69) is 20.8 Å². The number of furan rings is 1. The summed E-state index contributed by atoms with van der Waals surface area (Å²) in [6.45, 7) is 1.27. The van der Waals surface area contributed by atoms with Crippen molar-refractivity contribution in [1.82, 2.24) is 24.9 Å². The Hall–Kier alpha value is -3.21. The molecule has 3 heterocycles. The zero-order valence-corrected chi connectivity index (χ0v) is 16.2. The molecule has 0 aliphatic heterocycles.